The molecule has 0 bridgehead atoms. The number of piperazine rings is 1. The van der Waals surface area contributed by atoms with E-state index in [2.05, 4.69) is 16.3 Å². The Balaban J connectivity index is 1.33. The van der Waals surface area contributed by atoms with Crippen molar-refractivity contribution in [2.45, 2.75) is 32.1 Å². The summed E-state index contributed by atoms with van der Waals surface area (Å²) in [7, 11) is 0. The van der Waals surface area contributed by atoms with Gasteiger partial charge in [-0.05, 0) is 38.2 Å². The first kappa shape index (κ1) is 17.7. The molecule has 1 aliphatic carbocycles. The highest BCUT2D eigenvalue weighted by atomic mass is 16.3. The number of hydrogen-bond donors (Lipinski definition) is 1. The van der Waals surface area contributed by atoms with Crippen molar-refractivity contribution in [3.8, 4) is 0 Å². The first-order valence-corrected chi connectivity index (χ1v) is 9.21. The molecule has 25 heavy (non-hydrogen) atoms. The number of amides is 2. The van der Waals surface area contributed by atoms with Crippen molar-refractivity contribution in [2.24, 2.45) is 0 Å². The number of rotatable bonds is 6. The first-order valence-electron chi connectivity index (χ1n) is 9.21. The van der Waals surface area contributed by atoms with Crippen LogP contribution in [0.4, 0.5) is 0 Å². The van der Waals surface area contributed by atoms with Gasteiger partial charge in [0.15, 0.2) is 0 Å². The van der Waals surface area contributed by atoms with E-state index in [-0.39, 0.29) is 11.8 Å². The second-order valence-electron chi connectivity index (χ2n) is 6.79. The molecule has 1 aromatic rings. The van der Waals surface area contributed by atoms with Gasteiger partial charge in [0.05, 0.1) is 18.4 Å². The van der Waals surface area contributed by atoms with Gasteiger partial charge in [0.2, 0.25) is 5.91 Å². The molecular weight excluding hydrogens is 318 g/mol. The lowest BCUT2D eigenvalue weighted by atomic mass is 9.97. The zero-order valence-electron chi connectivity index (χ0n) is 14.7. The summed E-state index contributed by atoms with van der Waals surface area (Å²) in [5.74, 6) is 0.0737. The minimum Gasteiger partial charge on any atom is -0.472 e. The van der Waals surface area contributed by atoms with E-state index in [0.717, 1.165) is 26.1 Å². The van der Waals surface area contributed by atoms with E-state index in [0.29, 0.717) is 25.2 Å². The van der Waals surface area contributed by atoms with Crippen LogP contribution in [0.15, 0.2) is 34.7 Å². The first-order chi connectivity index (χ1) is 12.2. The smallest absolute Gasteiger partial charge is 0.257 e. The van der Waals surface area contributed by atoms with Crippen LogP contribution < -0.4 is 5.32 Å². The molecule has 0 unspecified atom stereocenters. The van der Waals surface area contributed by atoms with Crippen LogP contribution in [-0.2, 0) is 4.79 Å². The molecule has 3 rings (SSSR count). The molecule has 6 heteroatoms. The number of carbonyl (C=O) groups is 2. The third kappa shape index (κ3) is 5.19. The van der Waals surface area contributed by atoms with E-state index >= 15 is 0 Å². The highest BCUT2D eigenvalue weighted by Gasteiger charge is 2.23. The summed E-state index contributed by atoms with van der Waals surface area (Å²) in [4.78, 5) is 28.3. The third-order valence-electron chi connectivity index (χ3n) is 4.95. The molecule has 1 aliphatic heterocycles. The highest BCUT2D eigenvalue weighted by molar-refractivity contribution is 5.93. The molecule has 1 N–H and O–H groups in total. The maximum Gasteiger partial charge on any atom is 0.257 e. The molecule has 0 aromatic carbocycles. The Bertz CT molecular complexity index is 601. The van der Waals surface area contributed by atoms with Crippen LogP contribution in [0.1, 0.15) is 42.5 Å². The fraction of sp³-hybridized carbons (Fsp3) is 0.579. The lowest BCUT2D eigenvalue weighted by Crippen LogP contribution is -2.51. The fourth-order valence-electron chi connectivity index (χ4n) is 3.43. The van der Waals surface area contributed by atoms with Crippen molar-refractivity contribution >= 4 is 11.8 Å². The lowest BCUT2D eigenvalue weighted by Gasteiger charge is -2.34. The highest BCUT2D eigenvalue weighted by Crippen LogP contribution is 2.19. The average Bonchev–Trinajstić information content (AvgIpc) is 3.17. The Morgan fingerprint density at radius 3 is 2.68 bits per heavy atom. The van der Waals surface area contributed by atoms with Gasteiger partial charge in [-0.25, -0.2) is 0 Å². The van der Waals surface area contributed by atoms with E-state index in [4.69, 9.17) is 4.42 Å². The van der Waals surface area contributed by atoms with E-state index < -0.39 is 0 Å². The maximum absolute atomic E-state index is 12.2. The minimum atomic E-state index is -0.00129. The normalized spacial score (nSPS) is 18.7. The van der Waals surface area contributed by atoms with Crippen molar-refractivity contribution in [3.63, 3.8) is 0 Å². The van der Waals surface area contributed by atoms with Gasteiger partial charge in [-0.2, -0.15) is 0 Å². The molecule has 2 aliphatic rings. The largest absolute Gasteiger partial charge is 0.472 e. The van der Waals surface area contributed by atoms with E-state index in [1.807, 2.05) is 4.90 Å². The van der Waals surface area contributed by atoms with Crippen molar-refractivity contribution < 1.29 is 14.0 Å². The number of nitrogens with one attached hydrogen (secondary N) is 1. The predicted octanol–water partition coefficient (Wildman–Crippen LogP) is 2.04. The van der Waals surface area contributed by atoms with Crippen LogP contribution in [0, 0.1) is 0 Å². The predicted molar refractivity (Wildman–Crippen MR) is 95.2 cm³/mol. The van der Waals surface area contributed by atoms with E-state index in [1.54, 1.807) is 6.07 Å². The summed E-state index contributed by atoms with van der Waals surface area (Å²) in [5, 5.41) is 3.02. The van der Waals surface area contributed by atoms with Gasteiger partial charge >= 0.3 is 0 Å². The van der Waals surface area contributed by atoms with E-state index in [1.165, 1.54) is 43.8 Å². The molecule has 0 saturated carbocycles. The molecule has 1 aromatic heterocycles. The maximum atomic E-state index is 12.2. The van der Waals surface area contributed by atoms with Crippen molar-refractivity contribution in [1.82, 2.24) is 15.1 Å². The number of allylic oxidation sites excluding steroid dienone is 1. The number of furan rings is 1. The zero-order chi connectivity index (χ0) is 17.5. The Labute approximate surface area is 148 Å². The second-order valence-corrected chi connectivity index (χ2v) is 6.79. The summed E-state index contributed by atoms with van der Waals surface area (Å²) >= 11 is 0. The SMILES string of the molecule is O=C(CN1CCN(C(=O)c2ccoc2)CC1)NCCC1=CCCCC1. The molecule has 6 nitrogen and oxygen atoms in total. The quantitative estimate of drug-likeness (QED) is 0.802. The van der Waals surface area contributed by atoms with Crippen LogP contribution in [-0.4, -0.2) is 60.9 Å². The summed E-state index contributed by atoms with van der Waals surface area (Å²) < 4.78 is 4.97. The van der Waals surface area contributed by atoms with Crippen molar-refractivity contribution in [1.29, 1.82) is 0 Å². The average molecular weight is 345 g/mol. The molecule has 1 fully saturated rings. The molecule has 1 saturated heterocycles. The summed E-state index contributed by atoms with van der Waals surface area (Å²) in [5.41, 5.74) is 2.07. The summed E-state index contributed by atoms with van der Waals surface area (Å²) in [6, 6.07) is 1.68. The van der Waals surface area contributed by atoms with Crippen LogP contribution in [0.3, 0.4) is 0 Å². The topological polar surface area (TPSA) is 65.8 Å². The number of nitrogens with zero attached hydrogens (tertiary/aromatic N) is 2. The molecule has 2 heterocycles. The number of carbonyl (C=O) groups excluding carboxylic acids is 2. The van der Waals surface area contributed by atoms with Gasteiger partial charge in [-0.1, -0.05) is 11.6 Å². The molecule has 136 valence electrons. The molecular formula is C19H27N3O3. The van der Waals surface area contributed by atoms with Crippen LogP contribution >= 0.6 is 0 Å². The van der Waals surface area contributed by atoms with Gasteiger partial charge in [0, 0.05) is 32.7 Å². The van der Waals surface area contributed by atoms with E-state index in [9.17, 15) is 9.59 Å². The van der Waals surface area contributed by atoms with Gasteiger partial charge < -0.3 is 14.6 Å². The standard InChI is InChI=1S/C19H27N3O3/c23-18(20-8-6-16-4-2-1-3-5-16)14-21-9-11-22(12-10-21)19(24)17-7-13-25-15-17/h4,7,13,15H,1-3,5-6,8-12,14H2,(H,20,23). The van der Waals surface area contributed by atoms with Crippen molar-refractivity contribution in [2.75, 3.05) is 39.3 Å². The third-order valence-corrected chi connectivity index (χ3v) is 4.95. The van der Waals surface area contributed by atoms with Gasteiger partial charge in [0.1, 0.15) is 6.26 Å². The van der Waals surface area contributed by atoms with Crippen molar-refractivity contribution in [3.05, 3.63) is 35.8 Å². The van der Waals surface area contributed by atoms with Crippen LogP contribution in [0.2, 0.25) is 0 Å². The molecule has 0 atom stereocenters. The molecule has 0 spiro atoms. The van der Waals surface area contributed by atoms with Crippen LogP contribution in [0.5, 0.6) is 0 Å². The van der Waals surface area contributed by atoms with Gasteiger partial charge in [-0.3, -0.25) is 14.5 Å². The Morgan fingerprint density at radius 2 is 2.00 bits per heavy atom. The Kier molecular flexibility index (Phi) is 6.28. The Hall–Kier alpha value is -2.08. The lowest BCUT2D eigenvalue weighted by molar-refractivity contribution is -0.122. The minimum absolute atomic E-state index is 0.00129. The number of hydrogen-bond acceptors (Lipinski definition) is 4. The fourth-order valence-corrected chi connectivity index (χ4v) is 3.43. The van der Waals surface area contributed by atoms with Crippen LogP contribution in [0.25, 0.3) is 0 Å². The second kappa shape index (κ2) is 8.85. The zero-order valence-corrected chi connectivity index (χ0v) is 14.7. The Morgan fingerprint density at radius 1 is 1.16 bits per heavy atom. The van der Waals surface area contributed by atoms with Gasteiger partial charge in [0.25, 0.3) is 5.91 Å². The summed E-state index contributed by atoms with van der Waals surface area (Å²) in [6.07, 6.45) is 11.2. The monoisotopic (exact) mass is 345 g/mol. The van der Waals surface area contributed by atoms with Gasteiger partial charge in [-0.15, -0.1) is 0 Å². The summed E-state index contributed by atoms with van der Waals surface area (Å²) in [6.45, 7) is 3.87. The molecule has 2 amide bonds. The molecule has 0 radical (unpaired) electrons.